The topological polar surface area (TPSA) is 110 Å². The van der Waals surface area contributed by atoms with Gasteiger partial charge in [0.25, 0.3) is 21.6 Å². The lowest BCUT2D eigenvalue weighted by Crippen LogP contribution is -2.53. The molecular formula is C17H19N3O6S2. The summed E-state index contributed by atoms with van der Waals surface area (Å²) in [6, 6.07) is 8.74. The molecule has 0 radical (unpaired) electrons. The van der Waals surface area contributed by atoms with E-state index < -0.39 is 21.1 Å². The molecule has 1 atom stereocenters. The van der Waals surface area contributed by atoms with Crippen molar-refractivity contribution in [2.45, 2.75) is 17.2 Å². The molecule has 1 amide bonds. The average molecular weight is 425 g/mol. The van der Waals surface area contributed by atoms with E-state index in [1.807, 2.05) is 0 Å². The molecule has 150 valence electrons. The van der Waals surface area contributed by atoms with Crippen LogP contribution in [0.25, 0.3) is 0 Å². The van der Waals surface area contributed by atoms with Crippen LogP contribution < -0.4 is 4.74 Å². The van der Waals surface area contributed by atoms with Gasteiger partial charge < -0.3 is 9.64 Å². The number of rotatable bonds is 6. The van der Waals surface area contributed by atoms with Crippen LogP contribution in [0, 0.1) is 10.1 Å². The zero-order valence-corrected chi connectivity index (χ0v) is 16.7. The zero-order valence-electron chi connectivity index (χ0n) is 15.1. The summed E-state index contributed by atoms with van der Waals surface area (Å²) in [6.45, 7) is 2.58. The third kappa shape index (κ3) is 4.32. The molecule has 0 N–H and O–H groups in total. The van der Waals surface area contributed by atoms with Crippen LogP contribution in [-0.2, 0) is 14.8 Å². The van der Waals surface area contributed by atoms with E-state index in [1.54, 1.807) is 29.3 Å². The lowest BCUT2D eigenvalue weighted by molar-refractivity contribution is -0.384. The van der Waals surface area contributed by atoms with Crippen molar-refractivity contribution in [2.24, 2.45) is 0 Å². The first kappa shape index (κ1) is 20.2. The summed E-state index contributed by atoms with van der Waals surface area (Å²) in [5, 5.41) is 12.4. The molecular weight excluding hydrogens is 406 g/mol. The number of nitro benzene ring substituents is 1. The molecule has 1 saturated heterocycles. The van der Waals surface area contributed by atoms with Gasteiger partial charge in [-0.2, -0.15) is 4.31 Å². The highest BCUT2D eigenvalue weighted by Gasteiger charge is 2.32. The number of non-ortho nitro benzene ring substituents is 1. The van der Waals surface area contributed by atoms with Gasteiger partial charge in [0.1, 0.15) is 9.96 Å². The summed E-state index contributed by atoms with van der Waals surface area (Å²) in [4.78, 5) is 24.3. The molecule has 1 aromatic heterocycles. The largest absolute Gasteiger partial charge is 0.481 e. The van der Waals surface area contributed by atoms with E-state index in [2.05, 4.69) is 0 Å². The Balaban J connectivity index is 1.56. The molecule has 3 rings (SSSR count). The van der Waals surface area contributed by atoms with E-state index in [1.165, 1.54) is 39.9 Å². The van der Waals surface area contributed by atoms with E-state index in [9.17, 15) is 23.3 Å². The van der Waals surface area contributed by atoms with Gasteiger partial charge in [0.05, 0.1) is 4.92 Å². The Morgan fingerprint density at radius 2 is 1.82 bits per heavy atom. The molecule has 2 aromatic rings. The molecule has 0 aliphatic carbocycles. The number of hydrogen-bond acceptors (Lipinski definition) is 7. The fourth-order valence-electron chi connectivity index (χ4n) is 2.84. The molecule has 1 unspecified atom stereocenters. The highest BCUT2D eigenvalue weighted by atomic mass is 32.2. The summed E-state index contributed by atoms with van der Waals surface area (Å²) >= 11 is 1.17. The SMILES string of the molecule is CC(Oc1ccc([N+](=O)[O-])cc1)C(=O)N1CCN(S(=O)(=O)c2cccs2)CC1. The minimum atomic E-state index is -3.52. The van der Waals surface area contributed by atoms with Gasteiger partial charge >= 0.3 is 0 Å². The number of amides is 1. The maximum atomic E-state index is 12.6. The van der Waals surface area contributed by atoms with Crippen LogP contribution >= 0.6 is 11.3 Å². The smallest absolute Gasteiger partial charge is 0.269 e. The van der Waals surface area contributed by atoms with Crippen molar-refractivity contribution >= 4 is 33.0 Å². The first-order valence-corrected chi connectivity index (χ1v) is 10.8. The van der Waals surface area contributed by atoms with Crippen molar-refractivity contribution < 1.29 is 22.9 Å². The van der Waals surface area contributed by atoms with Crippen LogP contribution in [0.15, 0.2) is 46.0 Å². The van der Waals surface area contributed by atoms with E-state index in [0.717, 1.165) is 0 Å². The van der Waals surface area contributed by atoms with Gasteiger partial charge in [-0.05, 0) is 30.5 Å². The van der Waals surface area contributed by atoms with Crippen LogP contribution in [-0.4, -0.2) is 60.7 Å². The Morgan fingerprint density at radius 3 is 2.36 bits per heavy atom. The minimum Gasteiger partial charge on any atom is -0.481 e. The summed E-state index contributed by atoms with van der Waals surface area (Å²) in [6.07, 6.45) is -0.790. The lowest BCUT2D eigenvalue weighted by Gasteiger charge is -2.34. The molecule has 2 heterocycles. The normalized spacial score (nSPS) is 16.5. The van der Waals surface area contributed by atoms with Crippen molar-refractivity contribution in [1.29, 1.82) is 0 Å². The Hall–Kier alpha value is -2.50. The van der Waals surface area contributed by atoms with Gasteiger partial charge in [-0.25, -0.2) is 8.42 Å². The number of thiophene rings is 1. The number of carbonyl (C=O) groups excluding carboxylic acids is 1. The van der Waals surface area contributed by atoms with Gasteiger partial charge in [0.2, 0.25) is 0 Å². The molecule has 1 aromatic carbocycles. The first-order valence-electron chi connectivity index (χ1n) is 8.52. The second-order valence-corrected chi connectivity index (χ2v) is 9.29. The number of piperazine rings is 1. The minimum absolute atomic E-state index is 0.0607. The Morgan fingerprint density at radius 1 is 1.18 bits per heavy atom. The Bertz CT molecular complexity index is 936. The van der Waals surface area contributed by atoms with E-state index in [0.29, 0.717) is 9.96 Å². The number of benzene rings is 1. The number of sulfonamides is 1. The van der Waals surface area contributed by atoms with Gasteiger partial charge in [-0.3, -0.25) is 14.9 Å². The number of nitrogens with zero attached hydrogens (tertiary/aromatic N) is 3. The maximum absolute atomic E-state index is 12.6. The molecule has 28 heavy (non-hydrogen) atoms. The third-order valence-electron chi connectivity index (χ3n) is 4.35. The van der Waals surface area contributed by atoms with Crippen LogP contribution in [0.1, 0.15) is 6.92 Å². The lowest BCUT2D eigenvalue weighted by atomic mass is 10.2. The van der Waals surface area contributed by atoms with Gasteiger partial charge in [0.15, 0.2) is 6.10 Å². The predicted molar refractivity (Wildman–Crippen MR) is 103 cm³/mol. The monoisotopic (exact) mass is 425 g/mol. The molecule has 1 fully saturated rings. The molecule has 1 aliphatic rings. The molecule has 0 bridgehead atoms. The highest BCUT2D eigenvalue weighted by molar-refractivity contribution is 7.91. The van der Waals surface area contributed by atoms with Crippen LogP contribution in [0.2, 0.25) is 0 Å². The summed E-state index contributed by atoms with van der Waals surface area (Å²) in [5.74, 6) is 0.0943. The van der Waals surface area contributed by atoms with E-state index >= 15 is 0 Å². The summed E-state index contributed by atoms with van der Waals surface area (Å²) < 4.78 is 32.3. The number of carbonyl (C=O) groups is 1. The molecule has 1 aliphatic heterocycles. The maximum Gasteiger partial charge on any atom is 0.269 e. The Labute approximate surface area is 166 Å². The van der Waals surface area contributed by atoms with Crippen LogP contribution in [0.5, 0.6) is 5.75 Å². The second kappa shape index (κ2) is 8.25. The number of nitro groups is 1. The molecule has 11 heteroatoms. The van der Waals surface area contributed by atoms with E-state index in [4.69, 9.17) is 4.74 Å². The summed E-state index contributed by atoms with van der Waals surface area (Å²) in [7, 11) is -3.52. The highest BCUT2D eigenvalue weighted by Crippen LogP contribution is 2.23. The molecule has 9 nitrogen and oxygen atoms in total. The van der Waals surface area contributed by atoms with Gasteiger partial charge in [-0.15, -0.1) is 11.3 Å². The quantitative estimate of drug-likeness (QED) is 0.517. The van der Waals surface area contributed by atoms with Crippen LogP contribution in [0.3, 0.4) is 0 Å². The van der Waals surface area contributed by atoms with Crippen molar-refractivity contribution in [2.75, 3.05) is 26.2 Å². The van der Waals surface area contributed by atoms with E-state index in [-0.39, 0.29) is 37.8 Å². The second-order valence-electron chi connectivity index (χ2n) is 6.17. The van der Waals surface area contributed by atoms with Crippen molar-refractivity contribution in [3.63, 3.8) is 0 Å². The zero-order chi connectivity index (χ0) is 20.3. The average Bonchev–Trinajstić information content (AvgIpc) is 3.23. The fourth-order valence-corrected chi connectivity index (χ4v) is 5.41. The first-order chi connectivity index (χ1) is 13.3. The molecule has 0 saturated carbocycles. The van der Waals surface area contributed by atoms with Crippen molar-refractivity contribution in [3.05, 3.63) is 51.9 Å². The predicted octanol–water partition coefficient (Wildman–Crippen LogP) is 1.96. The van der Waals surface area contributed by atoms with Gasteiger partial charge in [0, 0.05) is 38.3 Å². The van der Waals surface area contributed by atoms with Crippen molar-refractivity contribution in [1.82, 2.24) is 9.21 Å². The molecule has 0 spiro atoms. The third-order valence-corrected chi connectivity index (χ3v) is 7.62. The van der Waals surface area contributed by atoms with Crippen molar-refractivity contribution in [3.8, 4) is 5.75 Å². The standard InChI is InChI=1S/C17H19N3O6S2/c1-13(26-15-6-4-14(5-7-15)20(22)23)17(21)18-8-10-19(11-9-18)28(24,25)16-3-2-12-27-16/h2-7,12-13H,8-11H2,1H3. The summed E-state index contributed by atoms with van der Waals surface area (Å²) in [5.41, 5.74) is -0.0607. The fraction of sp³-hybridized carbons (Fsp3) is 0.353. The number of hydrogen-bond donors (Lipinski definition) is 0. The van der Waals surface area contributed by atoms with Gasteiger partial charge in [-0.1, -0.05) is 6.07 Å². The van der Waals surface area contributed by atoms with Crippen LogP contribution in [0.4, 0.5) is 5.69 Å². The Kier molecular flexibility index (Phi) is 5.96. The number of ether oxygens (including phenoxy) is 1.